The van der Waals surface area contributed by atoms with Gasteiger partial charge in [-0.2, -0.15) is 0 Å². The number of thiazole rings is 1. The number of hydrogen-bond acceptors (Lipinski definition) is 5. The van der Waals surface area contributed by atoms with Crippen molar-refractivity contribution in [1.82, 2.24) is 20.1 Å². The van der Waals surface area contributed by atoms with E-state index in [0.29, 0.717) is 23.7 Å². The first-order chi connectivity index (χ1) is 15.1. The Bertz CT molecular complexity index is 1050. The molecule has 0 aliphatic carbocycles. The van der Waals surface area contributed by atoms with Crippen LogP contribution in [-0.2, 0) is 11.3 Å². The Balaban J connectivity index is 1.23. The van der Waals surface area contributed by atoms with E-state index in [1.165, 1.54) is 0 Å². The van der Waals surface area contributed by atoms with Crippen molar-refractivity contribution in [3.05, 3.63) is 76.3 Å². The molecule has 160 valence electrons. The molecule has 1 N–H and O–H groups in total. The summed E-state index contributed by atoms with van der Waals surface area (Å²) in [5.74, 6) is -0.373. The summed E-state index contributed by atoms with van der Waals surface area (Å²) in [5.41, 5.74) is 2.63. The molecule has 1 aliphatic heterocycles. The number of nitrogens with zero attached hydrogens (tertiary/aromatic N) is 3. The zero-order valence-electron chi connectivity index (χ0n) is 17.0. The topological polar surface area (TPSA) is 65.5 Å². The Morgan fingerprint density at radius 1 is 1.03 bits per heavy atom. The number of hydrogen-bond donors (Lipinski definition) is 1. The van der Waals surface area contributed by atoms with Crippen LogP contribution in [0.25, 0.3) is 10.6 Å². The minimum atomic E-state index is -0.299. The lowest BCUT2D eigenvalue weighted by atomic mass is 10.2. The molecule has 0 atom stereocenters. The molecule has 2 aromatic carbocycles. The SMILES string of the molecule is O=C(NCC(=O)N1CCN(Cc2csc(-c3ccccc3)n2)CC1)c1cccc(Cl)c1. The molecule has 0 saturated carbocycles. The first kappa shape index (κ1) is 21.5. The Labute approximate surface area is 190 Å². The summed E-state index contributed by atoms with van der Waals surface area (Å²) in [6.07, 6.45) is 0. The summed E-state index contributed by atoms with van der Waals surface area (Å²) in [6, 6.07) is 16.8. The van der Waals surface area contributed by atoms with Gasteiger partial charge in [0, 0.05) is 54.3 Å². The van der Waals surface area contributed by atoms with E-state index in [2.05, 4.69) is 27.7 Å². The van der Waals surface area contributed by atoms with Crippen molar-refractivity contribution >= 4 is 34.8 Å². The van der Waals surface area contributed by atoms with Gasteiger partial charge in [-0.25, -0.2) is 4.98 Å². The molecular formula is C23H23ClN4O2S. The number of carbonyl (C=O) groups is 2. The molecule has 31 heavy (non-hydrogen) atoms. The van der Waals surface area contributed by atoms with Gasteiger partial charge in [0.1, 0.15) is 5.01 Å². The maximum absolute atomic E-state index is 12.5. The van der Waals surface area contributed by atoms with Crippen LogP contribution >= 0.6 is 22.9 Å². The Kier molecular flexibility index (Phi) is 6.96. The minimum Gasteiger partial charge on any atom is -0.343 e. The van der Waals surface area contributed by atoms with Gasteiger partial charge in [0.15, 0.2) is 0 Å². The van der Waals surface area contributed by atoms with Gasteiger partial charge < -0.3 is 10.2 Å². The van der Waals surface area contributed by atoms with Crippen molar-refractivity contribution in [2.45, 2.75) is 6.54 Å². The van der Waals surface area contributed by atoms with E-state index >= 15 is 0 Å². The van der Waals surface area contributed by atoms with Gasteiger partial charge in [0.05, 0.1) is 12.2 Å². The molecule has 6 nitrogen and oxygen atoms in total. The number of rotatable bonds is 6. The lowest BCUT2D eigenvalue weighted by Gasteiger charge is -2.34. The van der Waals surface area contributed by atoms with Crippen LogP contribution in [0, 0.1) is 0 Å². The molecule has 3 aromatic rings. The maximum Gasteiger partial charge on any atom is 0.251 e. The highest BCUT2D eigenvalue weighted by Crippen LogP contribution is 2.24. The van der Waals surface area contributed by atoms with Crippen LogP contribution in [0.1, 0.15) is 16.1 Å². The third-order valence-corrected chi connectivity index (χ3v) is 6.35. The minimum absolute atomic E-state index is 0.0160. The summed E-state index contributed by atoms with van der Waals surface area (Å²) < 4.78 is 0. The van der Waals surface area contributed by atoms with Crippen molar-refractivity contribution in [3.8, 4) is 10.6 Å². The third-order valence-electron chi connectivity index (χ3n) is 5.17. The van der Waals surface area contributed by atoms with Crippen molar-refractivity contribution in [2.75, 3.05) is 32.7 Å². The molecule has 1 fully saturated rings. The van der Waals surface area contributed by atoms with Crippen molar-refractivity contribution < 1.29 is 9.59 Å². The average molecular weight is 455 g/mol. The van der Waals surface area contributed by atoms with Gasteiger partial charge in [0.25, 0.3) is 5.91 Å². The van der Waals surface area contributed by atoms with Crippen LogP contribution in [0.2, 0.25) is 5.02 Å². The molecule has 2 amide bonds. The van der Waals surface area contributed by atoms with E-state index in [1.807, 2.05) is 18.2 Å². The van der Waals surface area contributed by atoms with Crippen molar-refractivity contribution in [1.29, 1.82) is 0 Å². The zero-order chi connectivity index (χ0) is 21.6. The summed E-state index contributed by atoms with van der Waals surface area (Å²) in [7, 11) is 0. The van der Waals surface area contributed by atoms with Crippen molar-refractivity contribution in [3.63, 3.8) is 0 Å². The molecule has 1 aromatic heterocycles. The fraction of sp³-hybridized carbons (Fsp3) is 0.261. The smallest absolute Gasteiger partial charge is 0.251 e. The summed E-state index contributed by atoms with van der Waals surface area (Å²) in [6.45, 7) is 3.61. The van der Waals surface area contributed by atoms with Crippen LogP contribution < -0.4 is 5.32 Å². The number of aromatic nitrogens is 1. The predicted molar refractivity (Wildman–Crippen MR) is 123 cm³/mol. The summed E-state index contributed by atoms with van der Waals surface area (Å²) in [4.78, 5) is 33.5. The van der Waals surface area contributed by atoms with Crippen LogP contribution in [-0.4, -0.2) is 59.3 Å². The number of nitrogens with one attached hydrogen (secondary N) is 1. The highest BCUT2D eigenvalue weighted by molar-refractivity contribution is 7.13. The second-order valence-corrected chi connectivity index (χ2v) is 8.65. The highest BCUT2D eigenvalue weighted by Gasteiger charge is 2.22. The highest BCUT2D eigenvalue weighted by atomic mass is 35.5. The Hall–Kier alpha value is -2.74. The first-order valence-electron chi connectivity index (χ1n) is 10.1. The molecule has 0 spiro atoms. The lowest BCUT2D eigenvalue weighted by Crippen LogP contribution is -2.50. The van der Waals surface area contributed by atoms with Crippen LogP contribution in [0.15, 0.2) is 60.0 Å². The molecular weight excluding hydrogens is 432 g/mol. The van der Waals surface area contributed by atoms with E-state index in [9.17, 15) is 9.59 Å². The second-order valence-electron chi connectivity index (χ2n) is 7.36. The number of amides is 2. The monoisotopic (exact) mass is 454 g/mol. The fourth-order valence-electron chi connectivity index (χ4n) is 3.48. The molecule has 0 unspecified atom stereocenters. The Morgan fingerprint density at radius 2 is 1.81 bits per heavy atom. The van der Waals surface area contributed by atoms with E-state index in [-0.39, 0.29) is 18.4 Å². The standard InChI is InChI=1S/C23H23ClN4O2S/c24-19-8-4-7-18(13-19)22(30)25-14-21(29)28-11-9-27(10-12-28)15-20-16-31-23(26-20)17-5-2-1-3-6-17/h1-8,13,16H,9-12,14-15H2,(H,25,30). The normalized spacial score (nSPS) is 14.4. The van der Waals surface area contributed by atoms with Gasteiger partial charge in [-0.15, -0.1) is 11.3 Å². The zero-order valence-corrected chi connectivity index (χ0v) is 18.5. The molecule has 8 heteroatoms. The fourth-order valence-corrected chi connectivity index (χ4v) is 4.48. The summed E-state index contributed by atoms with van der Waals surface area (Å²) >= 11 is 7.57. The number of piperazine rings is 1. The molecule has 4 rings (SSSR count). The summed E-state index contributed by atoms with van der Waals surface area (Å²) in [5, 5.41) is 6.30. The van der Waals surface area contributed by atoms with Gasteiger partial charge in [-0.1, -0.05) is 48.0 Å². The van der Waals surface area contributed by atoms with Gasteiger partial charge >= 0.3 is 0 Å². The van der Waals surface area contributed by atoms with Gasteiger partial charge in [0.2, 0.25) is 5.91 Å². The molecule has 0 radical (unpaired) electrons. The van der Waals surface area contributed by atoms with E-state index in [1.54, 1.807) is 40.5 Å². The van der Waals surface area contributed by atoms with Crippen LogP contribution in [0.5, 0.6) is 0 Å². The Morgan fingerprint density at radius 3 is 2.55 bits per heavy atom. The number of benzene rings is 2. The van der Waals surface area contributed by atoms with Crippen molar-refractivity contribution in [2.24, 2.45) is 0 Å². The molecule has 0 bridgehead atoms. The predicted octanol–water partition coefficient (Wildman–Crippen LogP) is 3.54. The third kappa shape index (κ3) is 5.70. The number of carbonyl (C=O) groups excluding carboxylic acids is 2. The van der Waals surface area contributed by atoms with E-state index in [4.69, 9.17) is 16.6 Å². The van der Waals surface area contributed by atoms with Crippen LogP contribution in [0.3, 0.4) is 0 Å². The van der Waals surface area contributed by atoms with E-state index in [0.717, 1.165) is 35.9 Å². The van der Waals surface area contributed by atoms with Gasteiger partial charge in [-0.3, -0.25) is 14.5 Å². The molecule has 2 heterocycles. The quantitative estimate of drug-likeness (QED) is 0.618. The second kappa shape index (κ2) is 10.0. The largest absolute Gasteiger partial charge is 0.343 e. The lowest BCUT2D eigenvalue weighted by molar-refractivity contribution is -0.131. The number of halogens is 1. The maximum atomic E-state index is 12.5. The average Bonchev–Trinajstić information content (AvgIpc) is 3.27. The van der Waals surface area contributed by atoms with E-state index < -0.39 is 0 Å². The van der Waals surface area contributed by atoms with Gasteiger partial charge in [-0.05, 0) is 18.2 Å². The molecule has 1 saturated heterocycles. The van der Waals surface area contributed by atoms with Crippen LogP contribution in [0.4, 0.5) is 0 Å². The molecule has 1 aliphatic rings. The first-order valence-corrected chi connectivity index (χ1v) is 11.4.